The summed E-state index contributed by atoms with van der Waals surface area (Å²) in [5.41, 5.74) is 2.87. The number of rotatable bonds is 7. The van der Waals surface area contributed by atoms with Gasteiger partial charge in [0.05, 0.1) is 48.7 Å². The Bertz CT molecular complexity index is 1540. The first-order valence-electron chi connectivity index (χ1n) is 12.3. The van der Waals surface area contributed by atoms with E-state index >= 15 is 0 Å². The van der Waals surface area contributed by atoms with Crippen molar-refractivity contribution in [2.45, 2.75) is 38.1 Å². The maximum Gasteiger partial charge on any atom is 0.416 e. The molecule has 0 amide bonds. The van der Waals surface area contributed by atoms with Crippen molar-refractivity contribution in [1.29, 1.82) is 0 Å². The van der Waals surface area contributed by atoms with E-state index in [1.165, 1.54) is 12.1 Å². The number of para-hydroxylation sites is 2. The maximum atomic E-state index is 13.0. The molecule has 0 aliphatic carbocycles. The molecule has 1 aliphatic heterocycles. The van der Waals surface area contributed by atoms with Gasteiger partial charge in [0.2, 0.25) is 5.95 Å². The molecule has 6 rings (SSSR count). The fourth-order valence-electron chi connectivity index (χ4n) is 4.84. The van der Waals surface area contributed by atoms with Crippen LogP contribution in [0.25, 0.3) is 22.2 Å². The number of imidazole rings is 2. The van der Waals surface area contributed by atoms with Crippen molar-refractivity contribution in [3.05, 3.63) is 71.8 Å². The van der Waals surface area contributed by atoms with Gasteiger partial charge in [0, 0.05) is 6.54 Å². The smallest absolute Gasteiger partial charge is 0.394 e. The van der Waals surface area contributed by atoms with Crippen LogP contribution in [0.2, 0.25) is 0 Å². The van der Waals surface area contributed by atoms with Crippen LogP contribution in [0.3, 0.4) is 0 Å². The zero-order chi connectivity index (χ0) is 26.3. The highest BCUT2D eigenvalue weighted by molar-refractivity contribution is 5.84. The number of aliphatic hydroxyl groups is 1. The van der Waals surface area contributed by atoms with Gasteiger partial charge in [-0.1, -0.05) is 24.3 Å². The Morgan fingerprint density at radius 1 is 1.05 bits per heavy atom. The van der Waals surface area contributed by atoms with Crippen LogP contribution in [0.4, 0.5) is 24.9 Å². The molecule has 196 valence electrons. The summed E-state index contributed by atoms with van der Waals surface area (Å²) in [6.45, 7) is 1.37. The van der Waals surface area contributed by atoms with Crippen LogP contribution in [0, 0.1) is 0 Å². The highest BCUT2D eigenvalue weighted by atomic mass is 19.4. The number of anilines is 2. The van der Waals surface area contributed by atoms with E-state index in [4.69, 9.17) is 9.97 Å². The normalized spacial score (nSPS) is 16.1. The molecule has 1 saturated heterocycles. The summed E-state index contributed by atoms with van der Waals surface area (Å²) in [5, 5.41) is 13.2. The molecule has 3 aromatic heterocycles. The zero-order valence-corrected chi connectivity index (χ0v) is 20.3. The van der Waals surface area contributed by atoms with Gasteiger partial charge in [-0.3, -0.25) is 0 Å². The number of H-pyrrole nitrogens is 1. The maximum absolute atomic E-state index is 13.0. The lowest BCUT2D eigenvalue weighted by molar-refractivity contribution is -0.137. The number of nitrogens with one attached hydrogen (secondary N) is 2. The molecule has 1 aliphatic rings. The monoisotopic (exact) mass is 522 g/mol. The molecule has 1 atom stereocenters. The van der Waals surface area contributed by atoms with Crippen molar-refractivity contribution in [2.75, 3.05) is 23.4 Å². The van der Waals surface area contributed by atoms with Crippen molar-refractivity contribution in [3.8, 4) is 0 Å². The first kappa shape index (κ1) is 24.2. The third-order valence-electron chi connectivity index (χ3n) is 6.79. The van der Waals surface area contributed by atoms with Crippen LogP contribution >= 0.6 is 0 Å². The third kappa shape index (κ3) is 4.62. The fourth-order valence-corrected chi connectivity index (χ4v) is 4.84. The molecule has 1 fully saturated rings. The summed E-state index contributed by atoms with van der Waals surface area (Å²) in [6.07, 6.45) is -1.02. The van der Waals surface area contributed by atoms with Gasteiger partial charge in [0.25, 0.3) is 0 Å². The third-order valence-corrected chi connectivity index (χ3v) is 6.79. The fraction of sp³-hybridized carbons (Fsp3) is 0.308. The van der Waals surface area contributed by atoms with Crippen molar-refractivity contribution in [3.63, 3.8) is 0 Å². The largest absolute Gasteiger partial charge is 0.416 e. The SMILES string of the molecule is OCC1CCCN1c1nc(NCc2nc3ccccc3[nH]2)c2ncn(Cc3ccc(C(F)(F)F)cc3)c2n1. The van der Waals surface area contributed by atoms with Gasteiger partial charge in [-0.05, 0) is 42.7 Å². The molecule has 0 radical (unpaired) electrons. The van der Waals surface area contributed by atoms with Gasteiger partial charge >= 0.3 is 6.18 Å². The Hall–Kier alpha value is -4.19. The number of aromatic amines is 1. The van der Waals surface area contributed by atoms with Crippen LogP contribution in [0.15, 0.2) is 54.9 Å². The number of aromatic nitrogens is 6. The molecule has 2 aromatic carbocycles. The first-order chi connectivity index (χ1) is 18.4. The summed E-state index contributed by atoms with van der Waals surface area (Å²) in [6, 6.07) is 12.7. The standard InChI is InChI=1S/C26H25F3N8O/c27-26(28,29)17-9-7-16(8-10-17)13-36-15-31-22-23(30-12-21-32-19-5-1-2-6-20(19)33-21)34-25(35-24(22)36)37-11-3-4-18(37)14-38/h1-2,5-10,15,18,38H,3-4,11-14H2,(H,32,33)(H,30,34,35). The first-order valence-corrected chi connectivity index (χ1v) is 12.3. The van der Waals surface area contributed by atoms with E-state index in [1.54, 1.807) is 10.9 Å². The summed E-state index contributed by atoms with van der Waals surface area (Å²) in [5.74, 6) is 1.72. The Balaban J connectivity index is 1.34. The molecule has 3 N–H and O–H groups in total. The Morgan fingerprint density at radius 3 is 2.63 bits per heavy atom. The van der Waals surface area contributed by atoms with Crippen LogP contribution in [0.5, 0.6) is 0 Å². The summed E-state index contributed by atoms with van der Waals surface area (Å²) >= 11 is 0. The minimum absolute atomic E-state index is 0.00599. The zero-order valence-electron chi connectivity index (χ0n) is 20.3. The number of hydrogen-bond acceptors (Lipinski definition) is 7. The van der Waals surface area contributed by atoms with E-state index in [0.29, 0.717) is 41.6 Å². The number of aliphatic hydroxyl groups excluding tert-OH is 1. The number of halogens is 3. The average molecular weight is 523 g/mol. The average Bonchev–Trinajstić information content (AvgIpc) is 3.65. The van der Waals surface area contributed by atoms with Gasteiger partial charge in [0.15, 0.2) is 17.0 Å². The number of alkyl halides is 3. The molecular weight excluding hydrogens is 497 g/mol. The minimum atomic E-state index is -4.39. The van der Waals surface area contributed by atoms with Crippen molar-refractivity contribution in [2.24, 2.45) is 0 Å². The number of fused-ring (bicyclic) bond motifs is 2. The summed E-state index contributed by atoms with van der Waals surface area (Å²) < 4.78 is 40.8. The van der Waals surface area contributed by atoms with Gasteiger partial charge in [-0.2, -0.15) is 23.1 Å². The quantitative estimate of drug-likeness (QED) is 0.292. The van der Waals surface area contributed by atoms with E-state index < -0.39 is 11.7 Å². The lowest BCUT2D eigenvalue weighted by atomic mass is 10.1. The van der Waals surface area contributed by atoms with Crippen molar-refractivity contribution in [1.82, 2.24) is 29.5 Å². The second-order valence-corrected chi connectivity index (χ2v) is 9.34. The van der Waals surface area contributed by atoms with Gasteiger partial charge in [-0.15, -0.1) is 0 Å². The molecule has 38 heavy (non-hydrogen) atoms. The van der Waals surface area contributed by atoms with Gasteiger partial charge < -0.3 is 24.9 Å². The molecule has 9 nitrogen and oxygen atoms in total. The summed E-state index contributed by atoms with van der Waals surface area (Å²) in [4.78, 5) is 24.0. The molecule has 0 saturated carbocycles. The summed E-state index contributed by atoms with van der Waals surface area (Å²) in [7, 11) is 0. The second kappa shape index (κ2) is 9.60. The molecule has 0 bridgehead atoms. The Morgan fingerprint density at radius 2 is 1.87 bits per heavy atom. The molecular formula is C26H25F3N8O. The lowest BCUT2D eigenvalue weighted by Crippen LogP contribution is -2.33. The number of hydrogen-bond donors (Lipinski definition) is 3. The van der Waals surface area contributed by atoms with Crippen LogP contribution in [-0.2, 0) is 19.3 Å². The number of benzene rings is 2. The predicted molar refractivity (Wildman–Crippen MR) is 137 cm³/mol. The predicted octanol–water partition coefficient (Wildman–Crippen LogP) is 4.34. The van der Waals surface area contributed by atoms with E-state index in [9.17, 15) is 18.3 Å². The van der Waals surface area contributed by atoms with Crippen molar-refractivity contribution < 1.29 is 18.3 Å². The molecule has 12 heteroatoms. The lowest BCUT2D eigenvalue weighted by Gasteiger charge is -2.23. The second-order valence-electron chi connectivity index (χ2n) is 9.34. The minimum Gasteiger partial charge on any atom is -0.394 e. The Labute approximate surface area is 215 Å². The molecule has 0 spiro atoms. The molecule has 1 unspecified atom stereocenters. The number of nitrogens with zero attached hydrogens (tertiary/aromatic N) is 6. The van der Waals surface area contributed by atoms with Crippen molar-refractivity contribution >= 4 is 34.0 Å². The van der Waals surface area contributed by atoms with Crippen LogP contribution in [-0.4, -0.2) is 53.8 Å². The Kier molecular flexibility index (Phi) is 6.10. The molecule has 4 heterocycles. The topological polar surface area (TPSA) is 108 Å². The van der Waals surface area contributed by atoms with Crippen LogP contribution in [0.1, 0.15) is 29.8 Å². The van der Waals surface area contributed by atoms with Gasteiger partial charge in [-0.25, -0.2) is 9.97 Å². The highest BCUT2D eigenvalue weighted by Crippen LogP contribution is 2.30. The van der Waals surface area contributed by atoms with E-state index in [1.807, 2.05) is 29.2 Å². The van der Waals surface area contributed by atoms with Crippen LogP contribution < -0.4 is 10.2 Å². The van der Waals surface area contributed by atoms with Gasteiger partial charge in [0.1, 0.15) is 5.82 Å². The van der Waals surface area contributed by atoms with E-state index in [2.05, 4.69) is 20.3 Å². The van der Waals surface area contributed by atoms with E-state index in [-0.39, 0.29) is 19.2 Å². The highest BCUT2D eigenvalue weighted by Gasteiger charge is 2.30. The molecule has 5 aromatic rings. The van der Waals surface area contributed by atoms with E-state index in [0.717, 1.165) is 41.8 Å².